The molecule has 0 aliphatic rings. The van der Waals surface area contributed by atoms with Crippen LogP contribution in [0.3, 0.4) is 0 Å². The number of nitro benzene ring substituents is 1. The third-order valence-corrected chi connectivity index (χ3v) is 4.37. The molecule has 6 nitrogen and oxygen atoms in total. The Bertz CT molecular complexity index is 920. The van der Waals surface area contributed by atoms with Crippen molar-refractivity contribution in [3.8, 4) is 0 Å². The molecule has 0 aromatic heterocycles. The Morgan fingerprint density at radius 2 is 1.45 bits per heavy atom. The molecule has 1 atom stereocenters. The van der Waals surface area contributed by atoms with Crippen LogP contribution in [0.5, 0.6) is 0 Å². The number of nitrogens with zero attached hydrogens (tertiary/aromatic N) is 1. The van der Waals surface area contributed by atoms with Crippen molar-refractivity contribution in [1.82, 2.24) is 0 Å². The minimum atomic E-state index is -1.06. The average molecular weight is 391 g/mol. The number of hydrogen-bond donors (Lipinski definition) is 0. The van der Waals surface area contributed by atoms with E-state index in [0.717, 1.165) is 11.1 Å². The fourth-order valence-electron chi connectivity index (χ4n) is 3.03. The van der Waals surface area contributed by atoms with Crippen LogP contribution in [-0.4, -0.2) is 17.5 Å². The zero-order valence-corrected chi connectivity index (χ0v) is 15.9. The maximum Gasteiger partial charge on any atom is 0.340 e. The molecule has 0 saturated heterocycles. The molecule has 6 heteroatoms. The summed E-state index contributed by atoms with van der Waals surface area (Å²) in [6.45, 7) is 2.01. The van der Waals surface area contributed by atoms with Gasteiger partial charge in [0.05, 0.1) is 4.92 Å². The third kappa shape index (κ3) is 5.06. The second-order valence-corrected chi connectivity index (χ2v) is 6.33. The largest absolute Gasteiger partial charge is 0.450 e. The number of esters is 1. The molecule has 0 aliphatic carbocycles. The first-order valence-electron chi connectivity index (χ1n) is 9.26. The van der Waals surface area contributed by atoms with Crippen molar-refractivity contribution in [2.24, 2.45) is 0 Å². The minimum Gasteiger partial charge on any atom is -0.450 e. The van der Waals surface area contributed by atoms with Crippen molar-refractivity contribution in [2.75, 3.05) is 6.61 Å². The zero-order chi connectivity index (χ0) is 20.6. The molecule has 1 unspecified atom stereocenters. The summed E-state index contributed by atoms with van der Waals surface area (Å²) in [4.78, 5) is 23.6. The van der Waals surface area contributed by atoms with E-state index < -0.39 is 23.1 Å². The predicted molar refractivity (Wildman–Crippen MR) is 108 cm³/mol. The summed E-state index contributed by atoms with van der Waals surface area (Å²) in [6.07, 6.45) is -1.68. The van der Waals surface area contributed by atoms with Gasteiger partial charge in [-0.05, 0) is 23.6 Å². The number of carbonyl (C=O) groups is 1. The van der Waals surface area contributed by atoms with Gasteiger partial charge >= 0.3 is 5.97 Å². The van der Waals surface area contributed by atoms with E-state index >= 15 is 0 Å². The van der Waals surface area contributed by atoms with Crippen LogP contribution in [0, 0.1) is 10.1 Å². The second-order valence-electron chi connectivity index (χ2n) is 6.33. The van der Waals surface area contributed by atoms with Crippen LogP contribution in [0.25, 0.3) is 0 Å². The molecule has 3 aromatic rings. The molecule has 29 heavy (non-hydrogen) atoms. The Morgan fingerprint density at radius 1 is 0.897 bits per heavy atom. The van der Waals surface area contributed by atoms with Crippen molar-refractivity contribution in [3.05, 3.63) is 112 Å². The standard InChI is InChI=1S/C23H21NO5/c1-2-28-22(19-14-9-15-20(16-19)24(26)27)23(25)29-21(17-10-5-3-6-11-17)18-12-7-4-8-13-18/h3-16,21-22H,2H2,1H3. The van der Waals surface area contributed by atoms with Gasteiger partial charge < -0.3 is 9.47 Å². The van der Waals surface area contributed by atoms with Crippen LogP contribution >= 0.6 is 0 Å². The first kappa shape index (κ1) is 20.2. The molecule has 0 aliphatic heterocycles. The fourth-order valence-corrected chi connectivity index (χ4v) is 3.03. The molecule has 0 N–H and O–H groups in total. The van der Waals surface area contributed by atoms with Gasteiger partial charge in [0.25, 0.3) is 5.69 Å². The Kier molecular flexibility index (Phi) is 6.71. The summed E-state index contributed by atoms with van der Waals surface area (Å²) >= 11 is 0. The Balaban J connectivity index is 1.92. The lowest BCUT2D eigenvalue weighted by atomic mass is 10.0. The summed E-state index contributed by atoms with van der Waals surface area (Å²) in [5, 5.41) is 11.1. The second kappa shape index (κ2) is 9.61. The highest BCUT2D eigenvalue weighted by Crippen LogP contribution is 2.30. The van der Waals surface area contributed by atoms with Gasteiger partial charge in [0, 0.05) is 18.7 Å². The molecular weight excluding hydrogens is 370 g/mol. The quantitative estimate of drug-likeness (QED) is 0.307. The van der Waals surface area contributed by atoms with Crippen LogP contribution in [0.15, 0.2) is 84.9 Å². The molecule has 0 radical (unpaired) electrons. The topological polar surface area (TPSA) is 78.7 Å². The lowest BCUT2D eigenvalue weighted by molar-refractivity contribution is -0.385. The summed E-state index contributed by atoms with van der Waals surface area (Å²) in [5.41, 5.74) is 1.91. The van der Waals surface area contributed by atoms with E-state index in [1.807, 2.05) is 60.7 Å². The van der Waals surface area contributed by atoms with Gasteiger partial charge in [-0.15, -0.1) is 0 Å². The molecule has 0 saturated carbocycles. The predicted octanol–water partition coefficient (Wildman–Crippen LogP) is 5.01. The number of nitro groups is 1. The molecule has 0 spiro atoms. The average Bonchev–Trinajstić information content (AvgIpc) is 2.77. The van der Waals surface area contributed by atoms with Crippen LogP contribution < -0.4 is 0 Å². The van der Waals surface area contributed by atoms with Gasteiger partial charge in [0.15, 0.2) is 12.2 Å². The molecule has 3 aromatic carbocycles. The van der Waals surface area contributed by atoms with E-state index in [9.17, 15) is 14.9 Å². The van der Waals surface area contributed by atoms with Crippen molar-refractivity contribution in [2.45, 2.75) is 19.1 Å². The first-order valence-corrected chi connectivity index (χ1v) is 9.26. The smallest absolute Gasteiger partial charge is 0.340 e. The van der Waals surface area contributed by atoms with Crippen LogP contribution in [-0.2, 0) is 14.3 Å². The highest BCUT2D eigenvalue weighted by Gasteiger charge is 2.28. The highest BCUT2D eigenvalue weighted by atomic mass is 16.6. The van der Waals surface area contributed by atoms with Crippen LogP contribution in [0.4, 0.5) is 5.69 Å². The Morgan fingerprint density at radius 3 is 1.97 bits per heavy atom. The first-order chi connectivity index (χ1) is 14.1. The van der Waals surface area contributed by atoms with Gasteiger partial charge in [-0.3, -0.25) is 10.1 Å². The van der Waals surface area contributed by atoms with Gasteiger partial charge in [0.1, 0.15) is 0 Å². The van der Waals surface area contributed by atoms with Crippen molar-refractivity contribution in [3.63, 3.8) is 0 Å². The van der Waals surface area contributed by atoms with Gasteiger partial charge in [-0.2, -0.15) is 0 Å². The third-order valence-electron chi connectivity index (χ3n) is 4.37. The Hall–Kier alpha value is -3.51. The van der Waals surface area contributed by atoms with Crippen molar-refractivity contribution < 1.29 is 19.2 Å². The molecular formula is C23H21NO5. The summed E-state index contributed by atoms with van der Waals surface area (Å²) in [7, 11) is 0. The normalized spacial score (nSPS) is 11.8. The number of carbonyl (C=O) groups excluding carboxylic acids is 1. The van der Waals surface area contributed by atoms with Gasteiger partial charge in [0.2, 0.25) is 0 Å². The molecule has 0 bridgehead atoms. The number of non-ortho nitro benzene ring substituents is 1. The van der Waals surface area contributed by atoms with Crippen molar-refractivity contribution >= 4 is 11.7 Å². The van der Waals surface area contributed by atoms with Gasteiger partial charge in [-0.25, -0.2) is 4.79 Å². The SMILES string of the molecule is CCOC(C(=O)OC(c1ccccc1)c1ccccc1)c1cccc([N+](=O)[O-])c1. The van der Waals surface area contributed by atoms with E-state index in [1.165, 1.54) is 18.2 Å². The van der Waals surface area contributed by atoms with E-state index in [4.69, 9.17) is 9.47 Å². The molecule has 0 fully saturated rings. The lowest BCUT2D eigenvalue weighted by Crippen LogP contribution is -2.22. The maximum atomic E-state index is 13.1. The fraction of sp³-hybridized carbons (Fsp3) is 0.174. The monoisotopic (exact) mass is 391 g/mol. The van der Waals surface area contributed by atoms with E-state index in [1.54, 1.807) is 13.0 Å². The van der Waals surface area contributed by atoms with E-state index in [0.29, 0.717) is 5.56 Å². The lowest BCUT2D eigenvalue weighted by Gasteiger charge is -2.23. The molecule has 0 amide bonds. The Labute approximate surface area is 168 Å². The summed E-state index contributed by atoms with van der Waals surface area (Å²) in [5.74, 6) is -0.606. The minimum absolute atomic E-state index is 0.109. The van der Waals surface area contributed by atoms with Crippen LogP contribution in [0.2, 0.25) is 0 Å². The summed E-state index contributed by atoms with van der Waals surface area (Å²) in [6, 6.07) is 24.7. The number of hydrogen-bond acceptors (Lipinski definition) is 5. The van der Waals surface area contributed by atoms with E-state index in [2.05, 4.69) is 0 Å². The number of ether oxygens (including phenoxy) is 2. The van der Waals surface area contributed by atoms with Crippen LogP contribution in [0.1, 0.15) is 35.8 Å². The molecule has 148 valence electrons. The number of benzene rings is 3. The van der Waals surface area contributed by atoms with Gasteiger partial charge in [-0.1, -0.05) is 72.8 Å². The highest BCUT2D eigenvalue weighted by molar-refractivity contribution is 5.77. The maximum absolute atomic E-state index is 13.1. The summed E-state index contributed by atoms with van der Waals surface area (Å²) < 4.78 is 11.5. The zero-order valence-electron chi connectivity index (χ0n) is 15.9. The molecule has 3 rings (SSSR count). The molecule has 0 heterocycles. The van der Waals surface area contributed by atoms with Crippen molar-refractivity contribution in [1.29, 1.82) is 0 Å². The van der Waals surface area contributed by atoms with E-state index in [-0.39, 0.29) is 12.3 Å². The number of rotatable bonds is 8.